The Bertz CT molecular complexity index is 2500. The number of aromatic nitrogens is 6. The molecule has 0 aliphatic carbocycles. The summed E-state index contributed by atoms with van der Waals surface area (Å²) >= 11 is 6.64. The predicted molar refractivity (Wildman–Crippen MR) is 206 cm³/mol. The summed E-state index contributed by atoms with van der Waals surface area (Å²) in [5.41, 5.74) is 2.85. The molecule has 314 valence electrons. The highest BCUT2D eigenvalue weighted by atomic mass is 79.9. The molecule has 0 saturated carbocycles. The summed E-state index contributed by atoms with van der Waals surface area (Å²) < 4.78 is 113. The van der Waals surface area contributed by atoms with Gasteiger partial charge in [-0.2, -0.15) is 8.78 Å². The molecule has 0 spiro atoms. The van der Waals surface area contributed by atoms with E-state index in [-0.39, 0.29) is 22.8 Å². The fourth-order valence-electron chi connectivity index (χ4n) is 5.60. The minimum Gasteiger partial charge on any atom is -0.406 e. The largest absolute Gasteiger partial charge is 0.573 e. The van der Waals surface area contributed by atoms with E-state index in [0.717, 1.165) is 23.5 Å². The third kappa shape index (κ3) is 11.3. The number of hydrogen-bond acceptors (Lipinski definition) is 9. The summed E-state index contributed by atoms with van der Waals surface area (Å²) in [5.74, 6) is -8.52. The van der Waals surface area contributed by atoms with E-state index >= 15 is 0 Å². The average molecular weight is 972 g/mol. The maximum Gasteiger partial charge on any atom is 0.573 e. The predicted octanol–water partition coefficient (Wildman–Crippen LogP) is 10.8. The van der Waals surface area contributed by atoms with Crippen molar-refractivity contribution in [1.82, 2.24) is 30.0 Å². The van der Waals surface area contributed by atoms with Gasteiger partial charge in [0.05, 0.1) is 41.1 Å². The van der Waals surface area contributed by atoms with Crippen molar-refractivity contribution in [3.8, 4) is 45.4 Å². The van der Waals surface area contributed by atoms with Crippen molar-refractivity contribution in [1.29, 1.82) is 0 Å². The zero-order chi connectivity index (χ0) is 44.2. The number of carbonyl (C=O) groups is 3. The maximum absolute atomic E-state index is 13.5. The van der Waals surface area contributed by atoms with Gasteiger partial charge in [-0.3, -0.25) is 14.4 Å². The van der Waals surface area contributed by atoms with Gasteiger partial charge in [0, 0.05) is 44.5 Å². The SMILES string of the molecule is CC(C(=O)c1ccc(Br)cc1-n1nncc1-c1ccc(OC(F)(F)F)cc1)C(=O)C(C)(F)F.CCC(=O)c1ccc(Br)cc1-n1nncc1-c1ccc(OC(F)(F)F)cc1. The van der Waals surface area contributed by atoms with Gasteiger partial charge in [-0.25, -0.2) is 9.36 Å². The molecule has 0 radical (unpaired) electrons. The highest BCUT2D eigenvalue weighted by Crippen LogP contribution is 2.32. The summed E-state index contributed by atoms with van der Waals surface area (Å²) in [5, 5.41) is 15.7. The van der Waals surface area contributed by atoms with Crippen LogP contribution in [0.1, 0.15) is 47.9 Å². The molecule has 2 aromatic heterocycles. The Morgan fingerprint density at radius 3 is 1.43 bits per heavy atom. The first-order valence-electron chi connectivity index (χ1n) is 17.2. The number of benzene rings is 4. The molecular weight excluding hydrogens is 944 g/mol. The standard InChI is InChI=1S/C21H15BrF5N3O3.C18H13BrF3N3O2/c1-11(19(32)20(2,23)24)18(31)15-8-5-13(22)9-16(15)30-17(10-28-29-30)12-3-6-14(7-4-12)33-21(25,26)27;1-2-17(26)14-8-5-12(19)9-15(14)25-16(10-23-24-25)11-3-6-13(7-4-11)27-18(20,21)22/h3-11H,1-2H3;3-10H,2H2,1H3. The third-order valence-corrected chi connectivity index (χ3v) is 9.33. The number of ketones is 3. The van der Waals surface area contributed by atoms with Crippen LogP contribution in [0.2, 0.25) is 0 Å². The minimum absolute atomic E-state index is 0.0622. The first kappa shape index (κ1) is 45.3. The van der Waals surface area contributed by atoms with E-state index in [1.165, 1.54) is 76.4 Å². The van der Waals surface area contributed by atoms with E-state index in [2.05, 4.69) is 62.0 Å². The smallest absolute Gasteiger partial charge is 0.406 e. The molecule has 0 aliphatic rings. The third-order valence-electron chi connectivity index (χ3n) is 8.35. The van der Waals surface area contributed by atoms with Crippen molar-refractivity contribution in [3.63, 3.8) is 0 Å². The van der Waals surface area contributed by atoms with Crippen molar-refractivity contribution in [2.75, 3.05) is 0 Å². The van der Waals surface area contributed by atoms with Crippen molar-refractivity contribution in [3.05, 3.63) is 117 Å². The van der Waals surface area contributed by atoms with Gasteiger partial charge in [-0.15, -0.1) is 36.5 Å². The van der Waals surface area contributed by atoms with Crippen molar-refractivity contribution in [2.45, 2.75) is 45.8 Å². The monoisotopic (exact) mass is 970 g/mol. The molecule has 60 heavy (non-hydrogen) atoms. The molecule has 6 aromatic rings. The molecule has 6 rings (SSSR count). The summed E-state index contributed by atoms with van der Waals surface area (Å²) in [7, 11) is 0. The molecule has 2 heterocycles. The van der Waals surface area contributed by atoms with E-state index in [1.54, 1.807) is 25.1 Å². The normalized spacial score (nSPS) is 12.3. The lowest BCUT2D eigenvalue weighted by Gasteiger charge is -2.17. The van der Waals surface area contributed by atoms with Crippen LogP contribution in [-0.4, -0.2) is 66.0 Å². The fraction of sp³-hybridized carbons (Fsp3) is 0.205. The number of rotatable bonds is 12. The summed E-state index contributed by atoms with van der Waals surface area (Å²) in [6.07, 6.45) is -6.50. The van der Waals surface area contributed by atoms with Crippen LogP contribution in [0.3, 0.4) is 0 Å². The molecule has 21 heteroatoms. The van der Waals surface area contributed by atoms with Gasteiger partial charge >= 0.3 is 18.6 Å². The number of nitrogens with zero attached hydrogens (tertiary/aromatic N) is 6. The summed E-state index contributed by atoms with van der Waals surface area (Å²) in [6.45, 7) is 3.27. The first-order valence-corrected chi connectivity index (χ1v) is 18.8. The van der Waals surface area contributed by atoms with Crippen LogP contribution in [0.25, 0.3) is 33.9 Å². The van der Waals surface area contributed by atoms with Gasteiger partial charge in [0.2, 0.25) is 5.78 Å². The van der Waals surface area contributed by atoms with E-state index in [4.69, 9.17) is 0 Å². The Morgan fingerprint density at radius 1 is 0.650 bits per heavy atom. The lowest BCUT2D eigenvalue weighted by atomic mass is 9.92. The number of ether oxygens (including phenoxy) is 2. The van der Waals surface area contributed by atoms with Crippen LogP contribution in [0.5, 0.6) is 11.5 Å². The summed E-state index contributed by atoms with van der Waals surface area (Å²) in [6, 6.07) is 19.7. The number of Topliss-reactive ketones (excluding diaryl/α,β-unsaturated/α-hetero) is 3. The molecule has 0 N–H and O–H groups in total. The van der Waals surface area contributed by atoms with E-state index in [9.17, 15) is 49.5 Å². The van der Waals surface area contributed by atoms with Gasteiger partial charge in [0.1, 0.15) is 11.5 Å². The Hall–Kier alpha value is -5.83. The molecule has 0 fully saturated rings. The fourth-order valence-corrected chi connectivity index (χ4v) is 6.30. The Balaban J connectivity index is 0.000000232. The van der Waals surface area contributed by atoms with E-state index in [1.807, 2.05) is 0 Å². The Kier molecular flexibility index (Phi) is 13.7. The second-order valence-corrected chi connectivity index (χ2v) is 14.5. The quantitative estimate of drug-likeness (QED) is 0.0668. The Labute approximate surface area is 351 Å². The van der Waals surface area contributed by atoms with E-state index in [0.29, 0.717) is 51.6 Å². The van der Waals surface area contributed by atoms with Crippen LogP contribution >= 0.6 is 31.9 Å². The molecule has 0 saturated heterocycles. The lowest BCUT2D eigenvalue weighted by molar-refractivity contribution is -0.275. The van der Waals surface area contributed by atoms with Gasteiger partial charge in [0.25, 0.3) is 0 Å². The van der Waals surface area contributed by atoms with Crippen molar-refractivity contribution in [2.24, 2.45) is 5.92 Å². The van der Waals surface area contributed by atoms with Crippen LogP contribution in [0, 0.1) is 5.92 Å². The molecular formula is C39H28Br2F8N6O5. The van der Waals surface area contributed by atoms with Gasteiger partial charge in [0.15, 0.2) is 11.6 Å². The van der Waals surface area contributed by atoms with E-state index < -0.39 is 41.9 Å². The zero-order valence-electron chi connectivity index (χ0n) is 31.0. The maximum atomic E-state index is 13.5. The highest BCUT2D eigenvalue weighted by Gasteiger charge is 2.40. The first-order chi connectivity index (χ1) is 28.1. The highest BCUT2D eigenvalue weighted by molar-refractivity contribution is 9.10. The van der Waals surface area contributed by atoms with Crippen molar-refractivity contribution >= 4 is 49.2 Å². The second-order valence-electron chi connectivity index (χ2n) is 12.6. The Morgan fingerprint density at radius 2 is 1.05 bits per heavy atom. The summed E-state index contributed by atoms with van der Waals surface area (Å²) in [4.78, 5) is 37.2. The van der Waals surface area contributed by atoms with Gasteiger partial charge in [-0.05, 0) is 91.9 Å². The van der Waals surface area contributed by atoms with Gasteiger partial charge < -0.3 is 9.47 Å². The van der Waals surface area contributed by atoms with Crippen LogP contribution in [0.15, 0.2) is 106 Å². The average Bonchev–Trinajstić information content (AvgIpc) is 3.87. The topological polar surface area (TPSA) is 131 Å². The van der Waals surface area contributed by atoms with Crippen LogP contribution in [0.4, 0.5) is 35.1 Å². The number of hydrogen-bond donors (Lipinski definition) is 0. The minimum atomic E-state index is -4.85. The van der Waals surface area contributed by atoms with Crippen LogP contribution < -0.4 is 9.47 Å². The molecule has 0 aliphatic heterocycles. The molecule has 0 amide bonds. The van der Waals surface area contributed by atoms with Gasteiger partial charge in [-0.1, -0.05) is 49.2 Å². The number of carbonyl (C=O) groups excluding carboxylic acids is 3. The van der Waals surface area contributed by atoms with Crippen molar-refractivity contribution < 1.29 is 59.0 Å². The number of alkyl halides is 8. The molecule has 0 bridgehead atoms. The zero-order valence-corrected chi connectivity index (χ0v) is 34.2. The second kappa shape index (κ2) is 18.2. The van der Waals surface area contributed by atoms with Crippen LogP contribution in [-0.2, 0) is 4.79 Å². The molecule has 1 atom stereocenters. The molecule has 11 nitrogen and oxygen atoms in total. The number of halogens is 10. The lowest BCUT2D eigenvalue weighted by Crippen LogP contribution is -2.34. The molecule has 1 unspecified atom stereocenters. The molecule has 4 aromatic carbocycles.